The van der Waals surface area contributed by atoms with Crippen molar-refractivity contribution in [2.24, 2.45) is 28.6 Å². The van der Waals surface area contributed by atoms with Crippen LogP contribution in [0.25, 0.3) is 0 Å². The molecule has 0 amide bonds. The molecule has 2 fully saturated rings. The van der Waals surface area contributed by atoms with Gasteiger partial charge in [-0.1, -0.05) is 53.2 Å². The Kier molecular flexibility index (Phi) is 7.44. The highest BCUT2D eigenvalue weighted by atomic mass is 31.0. The van der Waals surface area contributed by atoms with Crippen LogP contribution in [0.5, 0.6) is 0 Å². The van der Waals surface area contributed by atoms with E-state index in [-0.39, 0.29) is 16.0 Å². The van der Waals surface area contributed by atoms with Crippen molar-refractivity contribution in [1.29, 1.82) is 0 Å². The Morgan fingerprint density at radius 2 is 1.45 bits per heavy atom. The maximum absolute atomic E-state index is 3.75. The predicted octanol–water partition coefficient (Wildman–Crippen LogP) is 5.42. The van der Waals surface area contributed by atoms with Crippen LogP contribution >= 0.6 is 18.5 Å². The molecule has 2 heterocycles. The minimum absolute atomic E-state index is 0.159. The van der Waals surface area contributed by atoms with Gasteiger partial charge in [-0.3, -0.25) is 0 Å². The predicted molar refractivity (Wildman–Crippen MR) is 136 cm³/mol. The Balaban J connectivity index is 2.22. The average Bonchev–Trinajstić information content (AvgIpc) is 3.10. The van der Waals surface area contributed by atoms with Crippen LogP contribution in [0.15, 0.2) is 22.8 Å². The summed E-state index contributed by atoms with van der Waals surface area (Å²) in [5.74, 6) is 1.91. The summed E-state index contributed by atoms with van der Waals surface area (Å²) in [6.45, 7) is 19.3. The second-order valence-corrected chi connectivity index (χ2v) is 13.2. The van der Waals surface area contributed by atoms with Gasteiger partial charge in [0.1, 0.15) is 0 Å². The van der Waals surface area contributed by atoms with Crippen molar-refractivity contribution in [3.63, 3.8) is 0 Å². The minimum atomic E-state index is 0.159. The monoisotopic (exact) mass is 436 g/mol. The molecule has 0 aromatic heterocycles. The first kappa shape index (κ1) is 23.9. The van der Waals surface area contributed by atoms with E-state index in [0.29, 0.717) is 17.8 Å². The molecule has 0 saturated carbocycles. The van der Waals surface area contributed by atoms with Crippen LogP contribution in [-0.4, -0.2) is 37.5 Å². The van der Waals surface area contributed by atoms with Crippen molar-refractivity contribution >= 4 is 18.5 Å². The first-order chi connectivity index (χ1) is 13.5. The summed E-state index contributed by atoms with van der Waals surface area (Å²) in [7, 11) is 6.55. The van der Waals surface area contributed by atoms with Gasteiger partial charge in [0.25, 0.3) is 0 Å². The molecule has 0 bridgehead atoms. The molecule has 166 valence electrons. The number of hydrogen-bond acceptors (Lipinski definition) is 2. The number of nitrogens with one attached hydrogen (secondary N) is 2. The molecule has 0 aromatic rings. The lowest BCUT2D eigenvalue weighted by Gasteiger charge is -2.50. The molecule has 2 nitrogen and oxygen atoms in total. The van der Waals surface area contributed by atoms with E-state index in [4.69, 9.17) is 0 Å². The normalized spacial score (nSPS) is 31.6. The van der Waals surface area contributed by atoms with Crippen LogP contribution in [0.3, 0.4) is 0 Å². The molecule has 5 atom stereocenters. The Hall–Kier alpha value is 0.260. The van der Waals surface area contributed by atoms with Gasteiger partial charge in [-0.15, -0.1) is 18.5 Å². The van der Waals surface area contributed by atoms with E-state index >= 15 is 0 Å². The van der Waals surface area contributed by atoms with Gasteiger partial charge in [0.15, 0.2) is 0 Å². The van der Waals surface area contributed by atoms with E-state index in [1.54, 1.807) is 16.7 Å². The number of piperidine rings is 2. The molecule has 1 aliphatic carbocycles. The zero-order chi connectivity index (χ0) is 21.4. The summed E-state index contributed by atoms with van der Waals surface area (Å²) >= 11 is 0. The fraction of sp³-hybridized carbons (Fsp3) is 0.840. The molecular formula is C25H46N2P2. The summed E-state index contributed by atoms with van der Waals surface area (Å²) in [6, 6.07) is 0. The van der Waals surface area contributed by atoms with Crippen molar-refractivity contribution in [1.82, 2.24) is 10.6 Å². The van der Waals surface area contributed by atoms with Crippen LogP contribution < -0.4 is 10.6 Å². The zero-order valence-electron chi connectivity index (χ0n) is 19.8. The molecule has 0 spiro atoms. The standard InChI is InChI=1S/C25H46N2P2/c1-23(2,3)20-13-17(16-28)21(22(20)24(4,5)6)25(29,18-9-7-11-26-14-18)19-10-8-12-27-15-19/h13,18-20,26-27H,7-12,14-16,28-29H2,1-6H3. The largest absolute Gasteiger partial charge is 0.316 e. The summed E-state index contributed by atoms with van der Waals surface area (Å²) in [6.07, 6.45) is 9.02. The molecule has 4 heteroatoms. The molecular weight excluding hydrogens is 390 g/mol. The fourth-order valence-electron chi connectivity index (χ4n) is 6.16. The van der Waals surface area contributed by atoms with Crippen LogP contribution in [-0.2, 0) is 0 Å². The van der Waals surface area contributed by atoms with Gasteiger partial charge in [0, 0.05) is 11.1 Å². The lowest BCUT2D eigenvalue weighted by atomic mass is 9.63. The maximum atomic E-state index is 3.75. The van der Waals surface area contributed by atoms with Gasteiger partial charge in [0.2, 0.25) is 0 Å². The summed E-state index contributed by atoms with van der Waals surface area (Å²) in [5, 5.41) is 7.66. The first-order valence-corrected chi connectivity index (χ1v) is 13.3. The van der Waals surface area contributed by atoms with Gasteiger partial charge in [-0.25, -0.2) is 0 Å². The molecule has 2 N–H and O–H groups in total. The van der Waals surface area contributed by atoms with E-state index in [1.165, 1.54) is 38.8 Å². The van der Waals surface area contributed by atoms with Crippen LogP contribution in [0.2, 0.25) is 0 Å². The third kappa shape index (κ3) is 4.72. The van der Waals surface area contributed by atoms with E-state index in [9.17, 15) is 0 Å². The van der Waals surface area contributed by atoms with Gasteiger partial charge in [-0.05, 0) is 91.8 Å². The van der Waals surface area contributed by atoms with Crippen molar-refractivity contribution in [2.45, 2.75) is 72.4 Å². The SMILES string of the molecule is CC(C)(C)C1=C(C(P)(C2CCCNC2)C2CCCNC2)C(CP)=CC1C(C)(C)C. The second-order valence-electron chi connectivity index (χ2n) is 11.8. The highest BCUT2D eigenvalue weighted by Gasteiger charge is 2.51. The maximum Gasteiger partial charge on any atom is 0.0180 e. The smallest absolute Gasteiger partial charge is 0.0180 e. The fourth-order valence-corrected chi connectivity index (χ4v) is 7.41. The van der Waals surface area contributed by atoms with Gasteiger partial charge < -0.3 is 10.6 Å². The molecule has 29 heavy (non-hydrogen) atoms. The van der Waals surface area contributed by atoms with Crippen LogP contribution in [0.1, 0.15) is 67.2 Å². The quantitative estimate of drug-likeness (QED) is 0.575. The molecule has 3 rings (SSSR count). The Labute approximate surface area is 185 Å². The summed E-state index contributed by atoms with van der Waals surface area (Å²) in [4.78, 5) is 0. The Morgan fingerprint density at radius 3 is 1.79 bits per heavy atom. The lowest BCUT2D eigenvalue weighted by Crippen LogP contribution is -2.53. The number of rotatable bonds is 4. The van der Waals surface area contributed by atoms with Gasteiger partial charge in [0.05, 0.1) is 0 Å². The third-order valence-electron chi connectivity index (χ3n) is 7.61. The molecule has 2 aliphatic heterocycles. The van der Waals surface area contributed by atoms with E-state index in [2.05, 4.69) is 76.7 Å². The van der Waals surface area contributed by atoms with Crippen molar-refractivity contribution in [3.8, 4) is 0 Å². The minimum Gasteiger partial charge on any atom is -0.316 e. The number of allylic oxidation sites excluding steroid dienone is 4. The van der Waals surface area contributed by atoms with Crippen molar-refractivity contribution < 1.29 is 0 Å². The molecule has 0 radical (unpaired) electrons. The third-order valence-corrected chi connectivity index (χ3v) is 9.28. The Morgan fingerprint density at radius 1 is 0.931 bits per heavy atom. The van der Waals surface area contributed by atoms with E-state index < -0.39 is 0 Å². The van der Waals surface area contributed by atoms with Crippen LogP contribution in [0, 0.1) is 28.6 Å². The highest BCUT2D eigenvalue weighted by Crippen LogP contribution is 2.58. The summed E-state index contributed by atoms with van der Waals surface area (Å²) < 4.78 is 0. The zero-order valence-corrected chi connectivity index (χ0v) is 22.1. The molecule has 3 aliphatic rings. The number of hydrogen-bond donors (Lipinski definition) is 2. The van der Waals surface area contributed by atoms with E-state index in [1.807, 2.05) is 0 Å². The molecule has 0 aromatic carbocycles. The topological polar surface area (TPSA) is 24.1 Å². The Bertz CT molecular complexity index is 621. The van der Waals surface area contributed by atoms with Crippen molar-refractivity contribution in [3.05, 3.63) is 22.8 Å². The van der Waals surface area contributed by atoms with Gasteiger partial charge >= 0.3 is 0 Å². The molecule has 2 saturated heterocycles. The van der Waals surface area contributed by atoms with Gasteiger partial charge in [-0.2, -0.15) is 0 Å². The van der Waals surface area contributed by atoms with Crippen molar-refractivity contribution in [2.75, 3.05) is 32.3 Å². The summed E-state index contributed by atoms with van der Waals surface area (Å²) in [5.41, 5.74) is 5.46. The molecule has 5 unspecified atom stereocenters. The van der Waals surface area contributed by atoms with Crippen LogP contribution in [0.4, 0.5) is 0 Å². The lowest BCUT2D eigenvalue weighted by molar-refractivity contribution is 0.215. The average molecular weight is 437 g/mol. The second kappa shape index (κ2) is 9.02. The first-order valence-electron chi connectivity index (χ1n) is 11.9. The highest BCUT2D eigenvalue weighted by molar-refractivity contribution is 7.19. The van der Waals surface area contributed by atoms with E-state index in [0.717, 1.165) is 19.3 Å².